The lowest BCUT2D eigenvalue weighted by Gasteiger charge is -2.53. The van der Waals surface area contributed by atoms with Gasteiger partial charge >= 0.3 is 6.03 Å². The Bertz CT molecular complexity index is 1000. The zero-order valence-electron chi connectivity index (χ0n) is 22.6. The number of urea groups is 1. The predicted molar refractivity (Wildman–Crippen MR) is 148 cm³/mol. The molecule has 2 aromatic rings. The third kappa shape index (κ3) is 6.20. The van der Waals surface area contributed by atoms with Gasteiger partial charge in [0.15, 0.2) is 8.32 Å². The van der Waals surface area contributed by atoms with Crippen LogP contribution < -0.4 is 4.74 Å². The molecular weight excluding hydrogens is 468 g/mol. The van der Waals surface area contributed by atoms with Gasteiger partial charge in [0.1, 0.15) is 5.75 Å². The van der Waals surface area contributed by atoms with Crippen molar-refractivity contribution in [1.29, 1.82) is 0 Å². The zero-order valence-corrected chi connectivity index (χ0v) is 23.6. The number of ether oxygens (including phenoxy) is 1. The highest BCUT2D eigenvalue weighted by Gasteiger charge is 2.50. The molecule has 36 heavy (non-hydrogen) atoms. The number of rotatable bonds is 10. The van der Waals surface area contributed by atoms with E-state index in [1.54, 1.807) is 18.1 Å². The molecule has 6 nitrogen and oxygen atoms in total. The van der Waals surface area contributed by atoms with E-state index in [-0.39, 0.29) is 29.8 Å². The normalized spacial score (nSPS) is 21.0. The first kappa shape index (κ1) is 28.0. The molecule has 2 amide bonds. The summed E-state index contributed by atoms with van der Waals surface area (Å²) >= 11 is 0. The summed E-state index contributed by atoms with van der Waals surface area (Å²) in [5.41, 5.74) is 2.10. The summed E-state index contributed by atoms with van der Waals surface area (Å²) in [6.45, 7) is 15.6. The van der Waals surface area contributed by atoms with Gasteiger partial charge in [0.25, 0.3) is 0 Å². The molecule has 1 saturated heterocycles. The molecule has 1 aliphatic heterocycles. The van der Waals surface area contributed by atoms with Crippen LogP contribution in [0.1, 0.15) is 31.9 Å². The number of methoxy groups -OCH3 is 1. The molecule has 0 aromatic heterocycles. The lowest BCUT2D eigenvalue weighted by molar-refractivity contribution is -0.0468. The quantitative estimate of drug-likeness (QED) is 0.340. The standard InChI is InChI=1S/C29H42N2O4Si/c1-8-18-30-25(19-22-12-10-9-11-13-22)27(35-36(6,7)29(2,3)4)26(21-32)31(28(30)33)20-23-14-16-24(34-5)17-15-23/h8-17,25-27,32H,1,18-21H2,2-7H3/t25-,26-,27+/m0/s1. The largest absolute Gasteiger partial charge is 0.497 e. The second kappa shape index (κ2) is 11.6. The molecule has 0 saturated carbocycles. The summed E-state index contributed by atoms with van der Waals surface area (Å²) in [4.78, 5) is 17.6. The molecule has 1 aliphatic rings. The third-order valence-corrected chi connectivity index (χ3v) is 12.1. The Balaban J connectivity index is 2.05. The number of aliphatic hydroxyl groups is 1. The maximum absolute atomic E-state index is 13.9. The van der Waals surface area contributed by atoms with E-state index in [4.69, 9.17) is 9.16 Å². The van der Waals surface area contributed by atoms with Gasteiger partial charge in [-0.1, -0.05) is 69.3 Å². The van der Waals surface area contributed by atoms with Crippen molar-refractivity contribution >= 4 is 14.3 Å². The molecule has 1 fully saturated rings. The zero-order chi connectivity index (χ0) is 26.5. The number of nitrogens with zero attached hydrogens (tertiary/aromatic N) is 2. The van der Waals surface area contributed by atoms with Crippen LogP contribution in [-0.4, -0.2) is 67.7 Å². The number of hydrogen-bond donors (Lipinski definition) is 1. The van der Waals surface area contributed by atoms with E-state index >= 15 is 0 Å². The highest BCUT2D eigenvalue weighted by molar-refractivity contribution is 6.74. The lowest BCUT2D eigenvalue weighted by Crippen LogP contribution is -2.69. The van der Waals surface area contributed by atoms with Crippen molar-refractivity contribution in [3.63, 3.8) is 0 Å². The van der Waals surface area contributed by atoms with E-state index in [1.165, 1.54) is 0 Å². The molecule has 1 N–H and O–H groups in total. The van der Waals surface area contributed by atoms with Gasteiger partial charge in [-0.15, -0.1) is 6.58 Å². The van der Waals surface area contributed by atoms with Crippen LogP contribution in [0.15, 0.2) is 67.3 Å². The van der Waals surface area contributed by atoms with Gasteiger partial charge in [-0.25, -0.2) is 4.79 Å². The van der Waals surface area contributed by atoms with Crippen molar-refractivity contribution in [3.8, 4) is 5.75 Å². The Morgan fingerprint density at radius 3 is 2.17 bits per heavy atom. The number of carbonyl (C=O) groups excluding carboxylic acids is 1. The molecule has 3 atom stereocenters. The van der Waals surface area contributed by atoms with E-state index in [2.05, 4.69) is 52.6 Å². The van der Waals surface area contributed by atoms with Crippen molar-refractivity contribution < 1.29 is 19.1 Å². The topological polar surface area (TPSA) is 62.2 Å². The summed E-state index contributed by atoms with van der Waals surface area (Å²) in [5, 5.41) is 10.7. The smallest absolute Gasteiger partial charge is 0.321 e. The van der Waals surface area contributed by atoms with E-state index in [9.17, 15) is 9.90 Å². The van der Waals surface area contributed by atoms with Crippen LogP contribution in [0.3, 0.4) is 0 Å². The summed E-state index contributed by atoms with van der Waals surface area (Å²) in [6, 6.07) is 17.1. The first-order chi connectivity index (χ1) is 17.0. The molecule has 7 heteroatoms. The fraction of sp³-hybridized carbons (Fsp3) is 0.483. The van der Waals surface area contributed by atoms with Crippen molar-refractivity contribution in [2.24, 2.45) is 0 Å². The fourth-order valence-electron chi connectivity index (χ4n) is 4.48. The molecule has 0 unspecified atom stereocenters. The molecular formula is C29H42N2O4Si. The van der Waals surface area contributed by atoms with Crippen LogP contribution in [0.4, 0.5) is 4.79 Å². The van der Waals surface area contributed by atoms with Gasteiger partial charge in [-0.2, -0.15) is 0 Å². The van der Waals surface area contributed by atoms with E-state index in [1.807, 2.05) is 47.4 Å². The number of benzene rings is 2. The van der Waals surface area contributed by atoms with Gasteiger partial charge in [0.05, 0.1) is 31.9 Å². The van der Waals surface area contributed by atoms with E-state index in [0.29, 0.717) is 19.5 Å². The molecule has 1 heterocycles. The third-order valence-electron chi connectivity index (χ3n) is 7.60. The highest BCUT2D eigenvalue weighted by atomic mass is 28.4. The SMILES string of the molecule is C=CCN1C(=O)N(Cc2ccc(OC)cc2)[C@@H](CO)[C@H](O[Si](C)(C)C(C)(C)C)[C@@H]1Cc1ccccc1. The first-order valence-electron chi connectivity index (χ1n) is 12.7. The fourth-order valence-corrected chi connectivity index (χ4v) is 5.83. The average Bonchev–Trinajstić information content (AvgIpc) is 2.84. The van der Waals surface area contributed by atoms with Gasteiger partial charge in [0, 0.05) is 13.1 Å². The number of hydrogen-bond acceptors (Lipinski definition) is 4. The van der Waals surface area contributed by atoms with Gasteiger partial charge < -0.3 is 24.1 Å². The molecule has 2 aromatic carbocycles. The highest BCUT2D eigenvalue weighted by Crippen LogP contribution is 2.40. The second-order valence-electron chi connectivity index (χ2n) is 11.0. The Morgan fingerprint density at radius 1 is 1.00 bits per heavy atom. The minimum absolute atomic E-state index is 0.0180. The number of carbonyl (C=O) groups is 1. The Morgan fingerprint density at radius 2 is 1.64 bits per heavy atom. The van der Waals surface area contributed by atoms with Crippen molar-refractivity contribution in [2.75, 3.05) is 20.3 Å². The van der Waals surface area contributed by atoms with Crippen LogP contribution in [0, 0.1) is 0 Å². The Kier molecular flexibility index (Phi) is 9.03. The monoisotopic (exact) mass is 510 g/mol. The minimum atomic E-state index is -2.24. The van der Waals surface area contributed by atoms with Crippen LogP contribution >= 0.6 is 0 Å². The van der Waals surface area contributed by atoms with Crippen LogP contribution in [0.5, 0.6) is 5.75 Å². The predicted octanol–water partition coefficient (Wildman–Crippen LogP) is 5.48. The Labute approximate surface area is 217 Å². The molecule has 0 bridgehead atoms. The van der Waals surface area contributed by atoms with E-state index in [0.717, 1.165) is 16.9 Å². The van der Waals surface area contributed by atoms with Crippen LogP contribution in [0.25, 0.3) is 0 Å². The number of aliphatic hydroxyl groups excluding tert-OH is 1. The molecule has 0 aliphatic carbocycles. The average molecular weight is 511 g/mol. The molecule has 3 rings (SSSR count). The minimum Gasteiger partial charge on any atom is -0.497 e. The van der Waals surface area contributed by atoms with Crippen molar-refractivity contribution in [1.82, 2.24) is 9.80 Å². The summed E-state index contributed by atoms with van der Waals surface area (Å²) in [6.07, 6.45) is 2.06. The van der Waals surface area contributed by atoms with Gasteiger partial charge in [0.2, 0.25) is 0 Å². The van der Waals surface area contributed by atoms with Gasteiger partial charge in [-0.3, -0.25) is 0 Å². The summed E-state index contributed by atoms with van der Waals surface area (Å²) < 4.78 is 12.3. The first-order valence-corrected chi connectivity index (χ1v) is 15.6. The van der Waals surface area contributed by atoms with Crippen LogP contribution in [-0.2, 0) is 17.4 Å². The Hall–Kier alpha value is -2.61. The lowest BCUT2D eigenvalue weighted by atomic mass is 9.91. The van der Waals surface area contributed by atoms with Crippen molar-refractivity contribution in [2.45, 2.75) is 70.1 Å². The van der Waals surface area contributed by atoms with Crippen LogP contribution in [0.2, 0.25) is 18.1 Å². The molecule has 0 spiro atoms. The maximum atomic E-state index is 13.9. The summed E-state index contributed by atoms with van der Waals surface area (Å²) in [5.74, 6) is 0.762. The van der Waals surface area contributed by atoms with E-state index < -0.39 is 14.4 Å². The maximum Gasteiger partial charge on any atom is 0.321 e. The number of amides is 2. The second-order valence-corrected chi connectivity index (χ2v) is 15.8. The van der Waals surface area contributed by atoms with Gasteiger partial charge in [-0.05, 0) is 47.8 Å². The molecule has 196 valence electrons. The van der Waals surface area contributed by atoms with Crippen molar-refractivity contribution in [3.05, 3.63) is 78.4 Å². The molecule has 0 radical (unpaired) electrons. The summed E-state index contributed by atoms with van der Waals surface area (Å²) in [7, 11) is -0.603.